The number of aliphatic hydroxyl groups is 1. The van der Waals surface area contributed by atoms with Crippen LogP contribution in [0.3, 0.4) is 0 Å². The third-order valence-electron chi connectivity index (χ3n) is 3.41. The average molecular weight is 243 g/mol. The van der Waals surface area contributed by atoms with Gasteiger partial charge in [-0.3, -0.25) is 4.90 Å². The number of nitrogens with zero attached hydrogens (tertiary/aromatic N) is 1. The lowest BCUT2D eigenvalue weighted by molar-refractivity contribution is -0.159. The van der Waals surface area contributed by atoms with Crippen LogP contribution in [-0.2, 0) is 4.79 Å². The molecule has 4 heteroatoms. The summed E-state index contributed by atoms with van der Waals surface area (Å²) in [6.07, 6.45) is 4.69. The molecule has 1 fully saturated rings. The molecule has 0 bridgehead atoms. The summed E-state index contributed by atoms with van der Waals surface area (Å²) in [6, 6.07) is 0.447. The third-order valence-corrected chi connectivity index (χ3v) is 3.41. The summed E-state index contributed by atoms with van der Waals surface area (Å²) in [6.45, 7) is 6.71. The second-order valence-corrected chi connectivity index (χ2v) is 5.84. The number of rotatable bonds is 6. The first-order valence-electron chi connectivity index (χ1n) is 6.52. The predicted octanol–water partition coefficient (Wildman–Crippen LogP) is 1.72. The Morgan fingerprint density at radius 2 is 1.94 bits per heavy atom. The van der Waals surface area contributed by atoms with Crippen molar-refractivity contribution in [2.24, 2.45) is 5.92 Å². The summed E-state index contributed by atoms with van der Waals surface area (Å²) < 4.78 is 0. The number of hydrogen-bond donors (Lipinski definition) is 2. The molecule has 0 radical (unpaired) electrons. The van der Waals surface area contributed by atoms with Gasteiger partial charge in [0.2, 0.25) is 0 Å². The Morgan fingerprint density at radius 3 is 2.35 bits per heavy atom. The van der Waals surface area contributed by atoms with Gasteiger partial charge in [0.1, 0.15) is 0 Å². The van der Waals surface area contributed by atoms with E-state index in [1.165, 1.54) is 19.8 Å². The largest absolute Gasteiger partial charge is 0.479 e. The molecule has 1 rings (SSSR count). The summed E-state index contributed by atoms with van der Waals surface area (Å²) in [5.74, 6) is -0.649. The molecule has 0 amide bonds. The van der Waals surface area contributed by atoms with E-state index in [4.69, 9.17) is 5.11 Å². The lowest BCUT2D eigenvalue weighted by atomic mass is 10.0. The maximum absolute atomic E-state index is 11.0. The van der Waals surface area contributed by atoms with Gasteiger partial charge in [-0.25, -0.2) is 4.79 Å². The van der Waals surface area contributed by atoms with Crippen LogP contribution in [0.25, 0.3) is 0 Å². The van der Waals surface area contributed by atoms with E-state index in [-0.39, 0.29) is 6.54 Å². The van der Waals surface area contributed by atoms with Crippen molar-refractivity contribution >= 4 is 5.97 Å². The fourth-order valence-electron chi connectivity index (χ4n) is 2.54. The smallest absolute Gasteiger partial charge is 0.336 e. The zero-order chi connectivity index (χ0) is 13.1. The first-order chi connectivity index (χ1) is 7.83. The standard InChI is InChI=1S/C13H25NO3/c1-10(2)8-14(11-6-4-5-7-11)9-13(3,17)12(15)16/h10-11,17H,4-9H2,1-3H3,(H,15,16). The molecule has 1 aliphatic carbocycles. The molecule has 0 aromatic carbocycles. The quantitative estimate of drug-likeness (QED) is 0.745. The molecular weight excluding hydrogens is 218 g/mol. The van der Waals surface area contributed by atoms with Gasteiger partial charge in [0, 0.05) is 19.1 Å². The van der Waals surface area contributed by atoms with Gasteiger partial charge in [-0.15, -0.1) is 0 Å². The zero-order valence-corrected chi connectivity index (χ0v) is 11.1. The highest BCUT2D eigenvalue weighted by molar-refractivity contribution is 5.76. The molecular formula is C13H25NO3. The van der Waals surface area contributed by atoms with Gasteiger partial charge in [-0.05, 0) is 25.7 Å². The maximum atomic E-state index is 11.0. The first kappa shape index (κ1) is 14.5. The highest BCUT2D eigenvalue weighted by Crippen LogP contribution is 2.25. The minimum atomic E-state index is -1.64. The van der Waals surface area contributed by atoms with Crippen molar-refractivity contribution in [3.8, 4) is 0 Å². The minimum Gasteiger partial charge on any atom is -0.479 e. The minimum absolute atomic E-state index is 0.227. The summed E-state index contributed by atoms with van der Waals surface area (Å²) in [5, 5.41) is 18.9. The molecule has 0 heterocycles. The first-order valence-corrected chi connectivity index (χ1v) is 6.52. The van der Waals surface area contributed by atoms with Crippen molar-refractivity contribution in [3.05, 3.63) is 0 Å². The van der Waals surface area contributed by atoms with Crippen molar-refractivity contribution in [2.45, 2.75) is 58.1 Å². The lowest BCUT2D eigenvalue weighted by Gasteiger charge is -2.34. The molecule has 1 unspecified atom stereocenters. The number of carboxylic acids is 1. The van der Waals surface area contributed by atoms with E-state index in [2.05, 4.69) is 18.7 Å². The monoisotopic (exact) mass is 243 g/mol. The van der Waals surface area contributed by atoms with Gasteiger partial charge in [0.05, 0.1) is 0 Å². The van der Waals surface area contributed by atoms with Crippen molar-refractivity contribution in [2.75, 3.05) is 13.1 Å². The number of carboxylic acid groups (broad SMARTS) is 1. The van der Waals surface area contributed by atoms with Crippen LogP contribution < -0.4 is 0 Å². The van der Waals surface area contributed by atoms with Crippen LogP contribution in [0, 0.1) is 5.92 Å². The van der Waals surface area contributed by atoms with Crippen molar-refractivity contribution in [1.29, 1.82) is 0 Å². The van der Waals surface area contributed by atoms with E-state index in [9.17, 15) is 9.90 Å². The number of hydrogen-bond acceptors (Lipinski definition) is 3. The van der Waals surface area contributed by atoms with E-state index >= 15 is 0 Å². The molecule has 0 spiro atoms. The Morgan fingerprint density at radius 1 is 1.41 bits per heavy atom. The molecule has 2 N–H and O–H groups in total. The van der Waals surface area contributed by atoms with Gasteiger partial charge in [0.25, 0.3) is 0 Å². The molecule has 1 atom stereocenters. The molecule has 1 saturated carbocycles. The average Bonchev–Trinajstić information content (AvgIpc) is 2.67. The van der Waals surface area contributed by atoms with E-state index in [0.29, 0.717) is 12.0 Å². The predicted molar refractivity (Wildman–Crippen MR) is 66.9 cm³/mol. The summed E-state index contributed by atoms with van der Waals surface area (Å²) in [4.78, 5) is 13.1. The Balaban J connectivity index is 2.65. The SMILES string of the molecule is CC(C)CN(CC(C)(O)C(=O)O)C1CCCC1. The number of carbonyl (C=O) groups is 1. The normalized spacial score (nSPS) is 21.1. The van der Waals surface area contributed by atoms with E-state index < -0.39 is 11.6 Å². The van der Waals surface area contributed by atoms with Crippen LogP contribution in [0.5, 0.6) is 0 Å². The molecule has 17 heavy (non-hydrogen) atoms. The molecule has 0 aromatic rings. The highest BCUT2D eigenvalue weighted by atomic mass is 16.4. The molecule has 1 aliphatic rings. The topological polar surface area (TPSA) is 60.8 Å². The summed E-state index contributed by atoms with van der Waals surface area (Å²) >= 11 is 0. The van der Waals surface area contributed by atoms with Crippen LogP contribution in [0.1, 0.15) is 46.5 Å². The third kappa shape index (κ3) is 4.28. The Bertz CT molecular complexity index is 257. The Labute approximate surface area is 104 Å². The van der Waals surface area contributed by atoms with E-state index in [0.717, 1.165) is 19.4 Å². The lowest BCUT2D eigenvalue weighted by Crippen LogP contribution is -2.50. The van der Waals surface area contributed by atoms with Crippen LogP contribution in [0.2, 0.25) is 0 Å². The molecule has 0 saturated heterocycles. The fraction of sp³-hybridized carbons (Fsp3) is 0.923. The summed E-state index contributed by atoms with van der Waals surface area (Å²) in [5.41, 5.74) is -1.64. The van der Waals surface area contributed by atoms with Crippen molar-refractivity contribution in [1.82, 2.24) is 4.90 Å². The summed E-state index contributed by atoms with van der Waals surface area (Å²) in [7, 11) is 0. The van der Waals surface area contributed by atoms with Gasteiger partial charge in [-0.2, -0.15) is 0 Å². The molecule has 0 aliphatic heterocycles. The van der Waals surface area contributed by atoms with E-state index in [1.807, 2.05) is 0 Å². The second kappa shape index (κ2) is 5.83. The maximum Gasteiger partial charge on any atom is 0.336 e. The van der Waals surface area contributed by atoms with Crippen LogP contribution in [-0.4, -0.2) is 45.8 Å². The van der Waals surface area contributed by atoms with Crippen LogP contribution in [0.15, 0.2) is 0 Å². The fourth-order valence-corrected chi connectivity index (χ4v) is 2.54. The zero-order valence-electron chi connectivity index (χ0n) is 11.1. The Hall–Kier alpha value is -0.610. The molecule has 4 nitrogen and oxygen atoms in total. The van der Waals surface area contributed by atoms with Gasteiger partial charge in [-0.1, -0.05) is 26.7 Å². The molecule has 0 aromatic heterocycles. The van der Waals surface area contributed by atoms with Gasteiger partial charge >= 0.3 is 5.97 Å². The molecule has 100 valence electrons. The van der Waals surface area contributed by atoms with Crippen LogP contribution >= 0.6 is 0 Å². The van der Waals surface area contributed by atoms with Crippen molar-refractivity contribution in [3.63, 3.8) is 0 Å². The van der Waals surface area contributed by atoms with E-state index in [1.54, 1.807) is 0 Å². The second-order valence-electron chi connectivity index (χ2n) is 5.84. The highest BCUT2D eigenvalue weighted by Gasteiger charge is 2.35. The van der Waals surface area contributed by atoms with Crippen LogP contribution in [0.4, 0.5) is 0 Å². The Kier molecular flexibility index (Phi) is 4.95. The van der Waals surface area contributed by atoms with Gasteiger partial charge < -0.3 is 10.2 Å². The number of aliphatic carboxylic acids is 1. The van der Waals surface area contributed by atoms with Gasteiger partial charge in [0.15, 0.2) is 5.60 Å². The van der Waals surface area contributed by atoms with Crippen molar-refractivity contribution < 1.29 is 15.0 Å².